The van der Waals surface area contributed by atoms with Gasteiger partial charge in [-0.1, -0.05) is 18.2 Å². The van der Waals surface area contributed by atoms with Crippen molar-refractivity contribution in [1.29, 1.82) is 0 Å². The van der Waals surface area contributed by atoms with E-state index in [0.717, 1.165) is 84.0 Å². The van der Waals surface area contributed by atoms with Gasteiger partial charge in [-0.05, 0) is 119 Å². The Morgan fingerprint density at radius 1 is 0.797 bits per heavy atom. The number of anilines is 3. The van der Waals surface area contributed by atoms with Crippen LogP contribution in [0.25, 0.3) is 22.4 Å². The molecule has 59 heavy (non-hydrogen) atoms. The Balaban J connectivity index is 0.00000218. The maximum atomic E-state index is 15.2. The first-order valence-corrected chi connectivity index (χ1v) is 20.9. The Labute approximate surface area is 349 Å². The molecule has 1 aliphatic carbocycles. The zero-order valence-corrected chi connectivity index (χ0v) is 33.0. The van der Waals surface area contributed by atoms with Crippen molar-refractivity contribution in [3.05, 3.63) is 89.0 Å². The number of halogens is 2. The first-order valence-electron chi connectivity index (χ1n) is 20.9. The molecule has 0 bridgehead atoms. The summed E-state index contributed by atoms with van der Waals surface area (Å²) in [6.07, 6.45) is 11.2. The van der Waals surface area contributed by atoms with Gasteiger partial charge in [-0.2, -0.15) is 0 Å². The first kappa shape index (κ1) is 40.1. The molecule has 13 nitrogen and oxygen atoms in total. The van der Waals surface area contributed by atoms with Crippen molar-refractivity contribution >= 4 is 35.0 Å². The zero-order chi connectivity index (χ0) is 40.9. The molecule has 4 aromatic rings. The second-order valence-electron chi connectivity index (χ2n) is 16.3. The third-order valence-corrected chi connectivity index (χ3v) is 12.4. The number of rotatable bonds is 10. The Hall–Kier alpha value is -5.70. The molecule has 4 fully saturated rings. The smallest absolute Gasteiger partial charge is 0.255 e. The van der Waals surface area contributed by atoms with Crippen molar-refractivity contribution in [3.63, 3.8) is 0 Å². The number of aromatic amines is 1. The van der Waals surface area contributed by atoms with E-state index in [1.807, 2.05) is 6.07 Å². The fraction of sp³-hybridized carbons (Fsp3) is 0.455. The molecule has 5 N–H and O–H groups in total. The van der Waals surface area contributed by atoms with Crippen LogP contribution in [0.4, 0.5) is 26.1 Å². The Bertz CT molecular complexity index is 2250. The van der Waals surface area contributed by atoms with Crippen molar-refractivity contribution in [2.24, 2.45) is 5.92 Å². The highest BCUT2D eigenvalue weighted by Gasteiger charge is 2.33. The summed E-state index contributed by atoms with van der Waals surface area (Å²) in [5.41, 5.74) is 2.70. The molecular weight excluding hydrogens is 757 g/mol. The van der Waals surface area contributed by atoms with Gasteiger partial charge in [0, 0.05) is 73.7 Å². The van der Waals surface area contributed by atoms with Crippen molar-refractivity contribution in [1.82, 2.24) is 30.5 Å². The maximum Gasteiger partial charge on any atom is 0.255 e. The van der Waals surface area contributed by atoms with Crippen molar-refractivity contribution < 1.29 is 30.3 Å². The number of H-pyrrole nitrogens is 1. The minimum absolute atomic E-state index is 0. The van der Waals surface area contributed by atoms with E-state index >= 15 is 8.78 Å². The lowest BCUT2D eigenvalue weighted by Crippen LogP contribution is -2.50. The van der Waals surface area contributed by atoms with E-state index in [-0.39, 0.29) is 66.3 Å². The lowest BCUT2D eigenvalue weighted by atomic mass is 9.92. The summed E-state index contributed by atoms with van der Waals surface area (Å²) in [5.74, 6) is -1.11. The molecule has 3 saturated heterocycles. The highest BCUT2D eigenvalue weighted by Crippen LogP contribution is 2.31. The van der Waals surface area contributed by atoms with Crippen LogP contribution in [0.15, 0.2) is 71.8 Å². The largest absolute Gasteiger partial charge is 0.374 e. The predicted octanol–water partition coefficient (Wildman–Crippen LogP) is 6.83. The molecule has 1 saturated carbocycles. The molecular formula is C44H61F2N9O4. The van der Waals surface area contributed by atoms with E-state index in [1.165, 1.54) is 12.3 Å². The molecule has 2 aromatic heterocycles. The number of aromatic nitrogens is 3. The fourth-order valence-electron chi connectivity index (χ4n) is 9.10. The second-order valence-corrected chi connectivity index (χ2v) is 16.3. The number of amides is 3. The van der Waals surface area contributed by atoms with E-state index in [4.69, 9.17) is 0 Å². The van der Waals surface area contributed by atoms with E-state index in [9.17, 15) is 19.2 Å². The lowest BCUT2D eigenvalue weighted by molar-refractivity contribution is -0.133. The average Bonchev–Trinajstić information content (AvgIpc) is 3.47. The van der Waals surface area contributed by atoms with Crippen LogP contribution in [0.3, 0.4) is 0 Å². The summed E-state index contributed by atoms with van der Waals surface area (Å²) in [4.78, 5) is 65.4. The summed E-state index contributed by atoms with van der Waals surface area (Å²) in [6.45, 7) is 3.20. The molecule has 0 radical (unpaired) electrons. The van der Waals surface area contributed by atoms with Crippen LogP contribution in [0, 0.1) is 17.6 Å². The number of piperidine rings is 3. The van der Waals surface area contributed by atoms with Crippen LogP contribution in [0.2, 0.25) is 0 Å². The van der Waals surface area contributed by atoms with E-state index in [2.05, 4.69) is 46.0 Å². The number of hydrogen-bond donors (Lipinski definition) is 5. The van der Waals surface area contributed by atoms with Gasteiger partial charge in [0.15, 0.2) is 5.82 Å². The molecule has 8 rings (SSSR count). The summed E-state index contributed by atoms with van der Waals surface area (Å²) in [7, 11) is 0. The van der Waals surface area contributed by atoms with Gasteiger partial charge in [-0.3, -0.25) is 24.5 Å². The molecule has 2 aromatic carbocycles. The van der Waals surface area contributed by atoms with Crippen LogP contribution in [0.1, 0.15) is 77.8 Å². The first-order chi connectivity index (χ1) is 28.7. The van der Waals surface area contributed by atoms with Crippen LogP contribution in [-0.4, -0.2) is 87.9 Å². The highest BCUT2D eigenvalue weighted by molar-refractivity contribution is 6.01. The molecule has 3 aliphatic heterocycles. The van der Waals surface area contributed by atoms with Gasteiger partial charge in [0.2, 0.25) is 23.7 Å². The summed E-state index contributed by atoms with van der Waals surface area (Å²) in [5, 5.41) is 12.1. The zero-order valence-electron chi connectivity index (χ0n) is 33.0. The number of benzene rings is 2. The third-order valence-electron chi connectivity index (χ3n) is 12.4. The number of carbonyl (C=O) groups is 3. The van der Waals surface area contributed by atoms with Gasteiger partial charge in [-0.15, -0.1) is 0 Å². The molecule has 0 spiro atoms. The number of imide groups is 1. The Morgan fingerprint density at radius 2 is 1.58 bits per heavy atom. The molecule has 5 heterocycles. The number of pyridine rings is 1. The van der Waals surface area contributed by atoms with Crippen LogP contribution >= 0.6 is 0 Å². The van der Waals surface area contributed by atoms with Crippen LogP contribution in [-0.2, 0) is 14.4 Å². The fourth-order valence-corrected chi connectivity index (χ4v) is 9.10. The predicted molar refractivity (Wildman–Crippen MR) is 232 cm³/mol. The minimum Gasteiger partial charge on any atom is -0.374 e. The molecule has 0 unspecified atom stereocenters. The Kier molecular flexibility index (Phi) is 12.3. The van der Waals surface area contributed by atoms with E-state index in [1.54, 1.807) is 48.7 Å². The second kappa shape index (κ2) is 18.1. The van der Waals surface area contributed by atoms with Crippen molar-refractivity contribution in [2.75, 3.05) is 41.7 Å². The van der Waals surface area contributed by atoms with Gasteiger partial charge in [0.05, 0.1) is 11.9 Å². The summed E-state index contributed by atoms with van der Waals surface area (Å²) in [6, 6.07) is 15.5. The highest BCUT2D eigenvalue weighted by atomic mass is 19.1. The monoisotopic (exact) mass is 817 g/mol. The Morgan fingerprint density at radius 3 is 2.36 bits per heavy atom. The van der Waals surface area contributed by atoms with Gasteiger partial charge < -0.3 is 30.7 Å². The van der Waals surface area contributed by atoms with Crippen LogP contribution in [0.5, 0.6) is 0 Å². The number of likely N-dealkylation sites (tertiary alicyclic amines) is 1. The quantitative estimate of drug-likeness (QED) is 0.0847. The average molecular weight is 818 g/mol. The summed E-state index contributed by atoms with van der Waals surface area (Å²) >= 11 is 0. The topological polar surface area (TPSA) is 164 Å². The normalized spacial score (nSPS) is 22.3. The van der Waals surface area contributed by atoms with Gasteiger partial charge >= 0.3 is 0 Å². The van der Waals surface area contributed by atoms with Gasteiger partial charge in [0.1, 0.15) is 17.6 Å². The summed E-state index contributed by atoms with van der Waals surface area (Å²) < 4.78 is 30.3. The molecule has 3 atom stereocenters. The third kappa shape index (κ3) is 9.62. The standard InChI is InChI=1S/C44H51F2N9O4.5H2/c45-35-25-32(49-37-12-14-39(56)52-43(37)59)11-13-38(35)55-22-17-33(18-23-55)54-20-15-27(16-21-54)41(57)50-30-6-2-7-31(10-9-30)51-44-48-26-36(46)40(53-44)29-5-1-4-28(24-29)34-8-3-19-47-42(34)58;;;;;/h1,3-5,8,11,13,19,24-27,30-31,33,37,49H,2,6-7,9-10,12,14-18,20-23H2,(H,47,58)(H,50,57)(H,48,51,53)(H,52,56,59);5*1H/t30-,31-,37-;;;;;/m1...../s1. The van der Waals surface area contributed by atoms with E-state index in [0.29, 0.717) is 46.5 Å². The minimum atomic E-state index is -0.564. The van der Waals surface area contributed by atoms with Gasteiger partial charge in [0.25, 0.3) is 5.56 Å². The molecule has 320 valence electrons. The number of carbonyl (C=O) groups excluding carboxylic acids is 3. The van der Waals surface area contributed by atoms with Gasteiger partial charge in [-0.25, -0.2) is 18.7 Å². The number of nitrogens with one attached hydrogen (secondary N) is 5. The maximum absolute atomic E-state index is 15.2. The van der Waals surface area contributed by atoms with Crippen molar-refractivity contribution in [3.8, 4) is 22.4 Å². The number of nitrogens with zero attached hydrogens (tertiary/aromatic N) is 4. The SMILES string of the molecule is O=C1CC[C@@H](Nc2ccc(N3CCC(N4CCC(C(=O)N[C@@H]5CCC[C@@H](Nc6ncc(F)c(-c7cccc(-c8ccc[nH]c8=O)c7)n6)CC5)CC4)CC3)c(F)c2)C(=O)N1.[HH].[HH].[HH].[HH].[HH]. The molecule has 15 heteroatoms. The molecule has 3 amide bonds. The number of hydrogen-bond acceptors (Lipinski definition) is 10. The van der Waals surface area contributed by atoms with Crippen molar-refractivity contribution in [2.45, 2.75) is 94.8 Å². The lowest BCUT2D eigenvalue weighted by Gasteiger charge is -2.42. The van der Waals surface area contributed by atoms with E-state index < -0.39 is 11.9 Å². The van der Waals surface area contributed by atoms with Crippen LogP contribution < -0.4 is 31.7 Å². The molecule has 4 aliphatic rings.